The van der Waals surface area contributed by atoms with E-state index in [1.165, 1.54) is 14.2 Å². The molecule has 5 heteroatoms. The molecule has 4 nitrogen and oxygen atoms in total. The third kappa shape index (κ3) is 11.2. The molecule has 0 bridgehead atoms. The van der Waals surface area contributed by atoms with Crippen LogP contribution in [0.2, 0.25) is 0 Å². The summed E-state index contributed by atoms with van der Waals surface area (Å²) in [7, 11) is 3.06. The molecular formula is C10H21ClN2O2. The fourth-order valence-corrected chi connectivity index (χ4v) is 1.13. The minimum Gasteiger partial charge on any atom is -0.484 e. The molecule has 0 fully saturated rings. The van der Waals surface area contributed by atoms with Crippen LogP contribution in [0.25, 0.3) is 0 Å². The summed E-state index contributed by atoms with van der Waals surface area (Å²) in [6.07, 6.45) is 5.60. The maximum atomic E-state index is 7.24. The maximum Gasteiger partial charge on any atom is 0.180 e. The van der Waals surface area contributed by atoms with E-state index in [0.717, 1.165) is 38.5 Å². The van der Waals surface area contributed by atoms with Gasteiger partial charge in [0.1, 0.15) is 0 Å². The minimum atomic E-state index is 0. The van der Waals surface area contributed by atoms with Gasteiger partial charge in [-0.3, -0.25) is 10.8 Å². The van der Waals surface area contributed by atoms with Crippen molar-refractivity contribution in [2.75, 3.05) is 14.2 Å². The van der Waals surface area contributed by atoms with Crippen LogP contribution in [-0.2, 0) is 9.47 Å². The molecule has 0 radical (unpaired) electrons. The summed E-state index contributed by atoms with van der Waals surface area (Å²) in [4.78, 5) is 0. The summed E-state index contributed by atoms with van der Waals surface area (Å²) in [5.41, 5.74) is 0. The van der Waals surface area contributed by atoms with Crippen LogP contribution in [0.5, 0.6) is 0 Å². The van der Waals surface area contributed by atoms with Crippen molar-refractivity contribution in [2.24, 2.45) is 0 Å². The summed E-state index contributed by atoms with van der Waals surface area (Å²) in [6.45, 7) is 0. The Labute approximate surface area is 97.8 Å². The Bertz CT molecular complexity index is 166. The van der Waals surface area contributed by atoms with E-state index in [1.54, 1.807) is 0 Å². The quantitative estimate of drug-likeness (QED) is 0.405. The van der Waals surface area contributed by atoms with Crippen molar-refractivity contribution in [1.29, 1.82) is 10.8 Å². The van der Waals surface area contributed by atoms with Gasteiger partial charge < -0.3 is 9.47 Å². The molecule has 90 valence electrons. The first-order chi connectivity index (χ1) is 6.70. The zero-order valence-electron chi connectivity index (χ0n) is 9.47. The Morgan fingerprint density at radius 1 is 0.800 bits per heavy atom. The standard InChI is InChI=1S/C10H20N2O2.ClH/c1-13-9(11)7-5-3-4-6-8-10(12)14-2;/h11-12H,3-8H2,1-2H3;1H. The highest BCUT2D eigenvalue weighted by Gasteiger charge is 1.97. The predicted molar refractivity (Wildman–Crippen MR) is 64.4 cm³/mol. The summed E-state index contributed by atoms with van der Waals surface area (Å²) >= 11 is 0. The third-order valence-corrected chi connectivity index (χ3v) is 2.05. The van der Waals surface area contributed by atoms with Gasteiger partial charge in [-0.15, -0.1) is 12.4 Å². The Kier molecular flexibility index (Phi) is 12.6. The predicted octanol–water partition coefficient (Wildman–Crippen LogP) is 3.00. The second kappa shape index (κ2) is 11.3. The van der Waals surface area contributed by atoms with E-state index >= 15 is 0 Å². The second-order valence-electron chi connectivity index (χ2n) is 3.17. The average molecular weight is 237 g/mol. The van der Waals surface area contributed by atoms with Crippen LogP contribution in [0.1, 0.15) is 38.5 Å². The monoisotopic (exact) mass is 236 g/mol. The van der Waals surface area contributed by atoms with Gasteiger partial charge in [-0.05, 0) is 12.8 Å². The Morgan fingerprint density at radius 2 is 1.13 bits per heavy atom. The Balaban J connectivity index is 0. The number of rotatable bonds is 7. The lowest BCUT2D eigenvalue weighted by atomic mass is 10.1. The molecule has 15 heavy (non-hydrogen) atoms. The van der Waals surface area contributed by atoms with Gasteiger partial charge in [-0.1, -0.05) is 12.8 Å². The Morgan fingerprint density at radius 3 is 1.40 bits per heavy atom. The first-order valence-electron chi connectivity index (χ1n) is 4.93. The van der Waals surface area contributed by atoms with Crippen LogP contribution >= 0.6 is 12.4 Å². The maximum absolute atomic E-state index is 7.24. The third-order valence-electron chi connectivity index (χ3n) is 2.05. The highest BCUT2D eigenvalue weighted by atomic mass is 35.5. The molecule has 0 amide bonds. The molecule has 0 saturated carbocycles. The van der Waals surface area contributed by atoms with Gasteiger partial charge in [0.05, 0.1) is 14.2 Å². The molecule has 0 heterocycles. The average Bonchev–Trinajstić information content (AvgIpc) is 2.22. The van der Waals surface area contributed by atoms with E-state index in [0.29, 0.717) is 11.8 Å². The molecule has 0 unspecified atom stereocenters. The van der Waals surface area contributed by atoms with Crippen LogP contribution < -0.4 is 0 Å². The molecule has 2 N–H and O–H groups in total. The van der Waals surface area contributed by atoms with Gasteiger partial charge in [-0.25, -0.2) is 0 Å². The van der Waals surface area contributed by atoms with Crippen LogP contribution in [0.3, 0.4) is 0 Å². The lowest BCUT2D eigenvalue weighted by Gasteiger charge is -2.03. The van der Waals surface area contributed by atoms with Gasteiger partial charge in [0, 0.05) is 12.8 Å². The summed E-state index contributed by atoms with van der Waals surface area (Å²) in [6, 6.07) is 0. The molecule has 0 rings (SSSR count). The number of hydrogen-bond donors (Lipinski definition) is 2. The van der Waals surface area contributed by atoms with Gasteiger partial charge in [0.15, 0.2) is 11.8 Å². The topological polar surface area (TPSA) is 66.2 Å². The van der Waals surface area contributed by atoms with E-state index in [2.05, 4.69) is 0 Å². The molecule has 0 aromatic heterocycles. The molecule has 0 aromatic carbocycles. The van der Waals surface area contributed by atoms with E-state index in [1.807, 2.05) is 0 Å². The fraction of sp³-hybridized carbons (Fsp3) is 0.800. The zero-order valence-corrected chi connectivity index (χ0v) is 10.3. The molecule has 0 atom stereocenters. The van der Waals surface area contributed by atoms with Crippen molar-refractivity contribution in [3.05, 3.63) is 0 Å². The zero-order chi connectivity index (χ0) is 10.8. The molecule has 0 saturated heterocycles. The van der Waals surface area contributed by atoms with Crippen molar-refractivity contribution in [1.82, 2.24) is 0 Å². The molecule has 0 aliphatic rings. The van der Waals surface area contributed by atoms with Crippen molar-refractivity contribution < 1.29 is 9.47 Å². The van der Waals surface area contributed by atoms with E-state index < -0.39 is 0 Å². The number of ether oxygens (including phenoxy) is 2. The molecule has 0 aliphatic heterocycles. The summed E-state index contributed by atoms with van der Waals surface area (Å²) < 4.78 is 9.48. The van der Waals surface area contributed by atoms with Crippen LogP contribution in [0.4, 0.5) is 0 Å². The molecule has 0 aromatic rings. The van der Waals surface area contributed by atoms with Crippen LogP contribution in [-0.4, -0.2) is 26.0 Å². The first-order valence-corrected chi connectivity index (χ1v) is 4.93. The van der Waals surface area contributed by atoms with Gasteiger partial charge >= 0.3 is 0 Å². The van der Waals surface area contributed by atoms with Gasteiger partial charge in [0.25, 0.3) is 0 Å². The minimum absolute atomic E-state index is 0. The largest absolute Gasteiger partial charge is 0.484 e. The van der Waals surface area contributed by atoms with Gasteiger partial charge in [-0.2, -0.15) is 0 Å². The first kappa shape index (κ1) is 16.7. The van der Waals surface area contributed by atoms with Crippen LogP contribution in [0.15, 0.2) is 0 Å². The van der Waals surface area contributed by atoms with E-state index in [4.69, 9.17) is 20.3 Å². The summed E-state index contributed by atoms with van der Waals surface area (Å²) in [5, 5.41) is 14.5. The SMILES string of the molecule is COC(=N)CCCCCCC(=N)OC.Cl. The molecular weight excluding hydrogens is 216 g/mol. The second-order valence-corrected chi connectivity index (χ2v) is 3.17. The fourth-order valence-electron chi connectivity index (χ4n) is 1.13. The number of halogens is 1. The number of unbranched alkanes of at least 4 members (excludes halogenated alkanes) is 3. The van der Waals surface area contributed by atoms with Crippen molar-refractivity contribution in [3.63, 3.8) is 0 Å². The van der Waals surface area contributed by atoms with Gasteiger partial charge in [0.2, 0.25) is 0 Å². The van der Waals surface area contributed by atoms with Crippen molar-refractivity contribution in [2.45, 2.75) is 38.5 Å². The smallest absolute Gasteiger partial charge is 0.180 e. The van der Waals surface area contributed by atoms with E-state index in [9.17, 15) is 0 Å². The van der Waals surface area contributed by atoms with Crippen molar-refractivity contribution in [3.8, 4) is 0 Å². The number of hydrogen-bond acceptors (Lipinski definition) is 4. The van der Waals surface area contributed by atoms with Crippen molar-refractivity contribution >= 4 is 24.2 Å². The van der Waals surface area contributed by atoms with E-state index in [-0.39, 0.29) is 12.4 Å². The van der Waals surface area contributed by atoms with Crippen LogP contribution in [0, 0.1) is 10.8 Å². The normalized spacial score (nSPS) is 8.93. The Hall–Kier alpha value is -0.770. The lowest BCUT2D eigenvalue weighted by Crippen LogP contribution is -1.99. The highest BCUT2D eigenvalue weighted by Crippen LogP contribution is 2.06. The molecule has 0 spiro atoms. The summed E-state index contributed by atoms with van der Waals surface area (Å²) in [5.74, 6) is 0.712. The lowest BCUT2D eigenvalue weighted by molar-refractivity contribution is 0.379. The number of nitrogens with one attached hydrogen (secondary N) is 2. The number of methoxy groups -OCH3 is 2. The molecule has 0 aliphatic carbocycles. The highest BCUT2D eigenvalue weighted by molar-refractivity contribution is 5.85.